The first kappa shape index (κ1) is 15.8. The molecule has 6 nitrogen and oxygen atoms in total. The van der Waals surface area contributed by atoms with E-state index in [0.717, 1.165) is 0 Å². The quantitative estimate of drug-likeness (QED) is 0.497. The van der Waals surface area contributed by atoms with E-state index >= 15 is 0 Å². The minimum absolute atomic E-state index is 0.149. The summed E-state index contributed by atoms with van der Waals surface area (Å²) in [6.45, 7) is 1.86. The Hall–Kier alpha value is -1.27. The summed E-state index contributed by atoms with van der Waals surface area (Å²) in [4.78, 5) is 22.3. The van der Waals surface area contributed by atoms with Gasteiger partial charge in [-0.3, -0.25) is 4.79 Å². The van der Waals surface area contributed by atoms with E-state index in [0.29, 0.717) is 6.42 Å². The van der Waals surface area contributed by atoms with Crippen molar-refractivity contribution in [3.05, 3.63) is 27.9 Å². The standard InChI is InChI=1S/C11H15Cl2N3O3/c1-3-11(6-12,7-13)14-10(17)8-4-5-9(15(8)2)16(18)19/h4-5H,3,6-7H2,1-2H3,(H,14,17). The summed E-state index contributed by atoms with van der Waals surface area (Å²) < 4.78 is 1.22. The van der Waals surface area contributed by atoms with Crippen LogP contribution in [0.2, 0.25) is 0 Å². The lowest BCUT2D eigenvalue weighted by atomic mass is 10.0. The summed E-state index contributed by atoms with van der Waals surface area (Å²) in [5.74, 6) is -0.237. The largest absolute Gasteiger partial charge is 0.358 e. The van der Waals surface area contributed by atoms with E-state index in [1.807, 2.05) is 6.92 Å². The second kappa shape index (κ2) is 6.25. The summed E-state index contributed by atoms with van der Waals surface area (Å²) in [5, 5.41) is 13.5. The molecule has 0 aliphatic rings. The average Bonchev–Trinajstić information content (AvgIpc) is 2.78. The van der Waals surface area contributed by atoms with Crippen LogP contribution in [0.4, 0.5) is 5.82 Å². The van der Waals surface area contributed by atoms with Crippen LogP contribution in [0.3, 0.4) is 0 Å². The van der Waals surface area contributed by atoms with Crippen molar-refractivity contribution in [1.29, 1.82) is 0 Å². The third-order valence-electron chi connectivity index (χ3n) is 3.08. The molecule has 0 aromatic carbocycles. The maximum Gasteiger partial charge on any atom is 0.323 e. The lowest BCUT2D eigenvalue weighted by Gasteiger charge is -2.29. The van der Waals surface area contributed by atoms with Crippen LogP contribution in [0.5, 0.6) is 0 Å². The molecule has 1 rings (SSSR count). The summed E-state index contributed by atoms with van der Waals surface area (Å²) in [6, 6.07) is 2.68. The molecule has 1 heterocycles. The fraction of sp³-hybridized carbons (Fsp3) is 0.545. The van der Waals surface area contributed by atoms with Gasteiger partial charge in [-0.1, -0.05) is 6.92 Å². The monoisotopic (exact) mass is 307 g/mol. The normalized spacial score (nSPS) is 11.4. The SMILES string of the molecule is CCC(CCl)(CCl)NC(=O)c1ccc([N+](=O)[O-])n1C. The Kier molecular flexibility index (Phi) is 5.20. The zero-order chi connectivity index (χ0) is 14.6. The zero-order valence-corrected chi connectivity index (χ0v) is 12.2. The van der Waals surface area contributed by atoms with Gasteiger partial charge in [0.05, 0.1) is 12.6 Å². The average molecular weight is 308 g/mol. The molecule has 1 aromatic heterocycles. The molecule has 1 amide bonds. The van der Waals surface area contributed by atoms with Gasteiger partial charge in [-0.05, 0) is 17.4 Å². The highest BCUT2D eigenvalue weighted by Crippen LogP contribution is 2.19. The molecule has 19 heavy (non-hydrogen) atoms. The Balaban J connectivity index is 2.99. The molecule has 8 heteroatoms. The molecule has 0 saturated carbocycles. The summed E-state index contributed by atoms with van der Waals surface area (Å²) in [6.07, 6.45) is 0.568. The molecule has 0 spiro atoms. The number of rotatable bonds is 6. The van der Waals surface area contributed by atoms with Crippen molar-refractivity contribution in [1.82, 2.24) is 9.88 Å². The van der Waals surface area contributed by atoms with Gasteiger partial charge in [0, 0.05) is 17.8 Å². The predicted molar refractivity (Wildman–Crippen MR) is 74.0 cm³/mol. The summed E-state index contributed by atoms with van der Waals surface area (Å²) in [7, 11) is 1.46. The number of carbonyl (C=O) groups excluding carboxylic acids is 1. The number of halogens is 2. The van der Waals surface area contributed by atoms with Crippen molar-refractivity contribution in [2.45, 2.75) is 18.9 Å². The van der Waals surface area contributed by atoms with Crippen molar-refractivity contribution < 1.29 is 9.72 Å². The molecule has 1 aromatic rings. The topological polar surface area (TPSA) is 77.2 Å². The number of hydrogen-bond acceptors (Lipinski definition) is 3. The fourth-order valence-electron chi connectivity index (χ4n) is 1.60. The Bertz CT molecular complexity index is 475. The van der Waals surface area contributed by atoms with Crippen molar-refractivity contribution in [3.63, 3.8) is 0 Å². The van der Waals surface area contributed by atoms with Gasteiger partial charge in [0.2, 0.25) is 0 Å². The van der Waals surface area contributed by atoms with E-state index in [1.165, 1.54) is 23.7 Å². The van der Waals surface area contributed by atoms with E-state index in [9.17, 15) is 14.9 Å². The molecule has 0 aliphatic heterocycles. The van der Waals surface area contributed by atoms with Gasteiger partial charge in [0.25, 0.3) is 5.91 Å². The fourth-order valence-corrected chi connectivity index (χ4v) is 2.39. The highest BCUT2D eigenvalue weighted by atomic mass is 35.5. The van der Waals surface area contributed by atoms with E-state index in [1.54, 1.807) is 0 Å². The number of nitrogens with zero attached hydrogens (tertiary/aromatic N) is 2. The van der Waals surface area contributed by atoms with E-state index in [4.69, 9.17) is 23.2 Å². The summed E-state index contributed by atoms with van der Waals surface area (Å²) in [5.41, 5.74) is -0.515. The van der Waals surface area contributed by atoms with Crippen molar-refractivity contribution in [2.24, 2.45) is 7.05 Å². The number of amides is 1. The third-order valence-corrected chi connectivity index (χ3v) is 4.11. The Morgan fingerprint density at radius 3 is 2.42 bits per heavy atom. The minimum atomic E-state index is -0.709. The maximum absolute atomic E-state index is 12.1. The number of nitrogens with one attached hydrogen (secondary N) is 1. The molecule has 0 radical (unpaired) electrons. The molecular weight excluding hydrogens is 293 g/mol. The first-order valence-corrected chi connectivity index (χ1v) is 6.72. The van der Waals surface area contributed by atoms with Crippen LogP contribution in [0.15, 0.2) is 12.1 Å². The van der Waals surface area contributed by atoms with Crippen molar-refractivity contribution in [2.75, 3.05) is 11.8 Å². The van der Waals surface area contributed by atoms with Crippen molar-refractivity contribution in [3.8, 4) is 0 Å². The van der Waals surface area contributed by atoms with Gasteiger partial charge in [0.1, 0.15) is 0 Å². The predicted octanol–water partition coefficient (Wildman–Crippen LogP) is 2.29. The zero-order valence-electron chi connectivity index (χ0n) is 10.7. The Morgan fingerprint density at radius 1 is 1.47 bits per heavy atom. The second-order valence-corrected chi connectivity index (χ2v) is 4.78. The lowest BCUT2D eigenvalue weighted by Crippen LogP contribution is -2.51. The van der Waals surface area contributed by atoms with Gasteiger partial charge in [0.15, 0.2) is 5.69 Å². The lowest BCUT2D eigenvalue weighted by molar-refractivity contribution is -0.391. The van der Waals surface area contributed by atoms with Crippen LogP contribution in [0.25, 0.3) is 0 Å². The first-order chi connectivity index (χ1) is 8.90. The molecule has 0 bridgehead atoms. The highest BCUT2D eigenvalue weighted by molar-refractivity contribution is 6.22. The molecule has 0 unspecified atom stereocenters. The first-order valence-electron chi connectivity index (χ1n) is 5.65. The number of alkyl halides is 2. The van der Waals surface area contributed by atoms with Crippen LogP contribution in [0, 0.1) is 10.1 Å². The number of aromatic nitrogens is 1. The van der Waals surface area contributed by atoms with E-state index in [2.05, 4.69) is 5.32 Å². The van der Waals surface area contributed by atoms with E-state index < -0.39 is 16.4 Å². The number of nitro groups is 1. The minimum Gasteiger partial charge on any atom is -0.358 e. The molecule has 0 saturated heterocycles. The molecule has 0 atom stereocenters. The number of carbonyl (C=O) groups is 1. The van der Waals surface area contributed by atoms with Crippen LogP contribution in [-0.2, 0) is 7.05 Å². The number of hydrogen-bond donors (Lipinski definition) is 1. The van der Waals surface area contributed by atoms with Crippen LogP contribution < -0.4 is 5.32 Å². The van der Waals surface area contributed by atoms with Crippen LogP contribution >= 0.6 is 23.2 Å². The van der Waals surface area contributed by atoms with Gasteiger partial charge < -0.3 is 15.4 Å². The Labute approximate surface area is 120 Å². The second-order valence-electron chi connectivity index (χ2n) is 4.25. The highest BCUT2D eigenvalue weighted by Gasteiger charge is 2.31. The van der Waals surface area contributed by atoms with Gasteiger partial charge in [-0.15, -0.1) is 23.2 Å². The van der Waals surface area contributed by atoms with Crippen LogP contribution in [-0.4, -0.2) is 32.7 Å². The molecule has 0 aliphatic carbocycles. The molecule has 0 fully saturated rings. The van der Waals surface area contributed by atoms with Crippen molar-refractivity contribution >= 4 is 34.9 Å². The summed E-state index contributed by atoms with van der Waals surface area (Å²) >= 11 is 11.7. The Morgan fingerprint density at radius 2 is 2.05 bits per heavy atom. The molecule has 1 N–H and O–H groups in total. The smallest absolute Gasteiger partial charge is 0.323 e. The molecule has 106 valence electrons. The molecular formula is C11H15Cl2N3O3. The maximum atomic E-state index is 12.1. The van der Waals surface area contributed by atoms with Gasteiger partial charge >= 0.3 is 5.82 Å². The van der Waals surface area contributed by atoms with E-state index in [-0.39, 0.29) is 23.3 Å². The third kappa shape index (κ3) is 3.19. The van der Waals surface area contributed by atoms with Gasteiger partial charge in [-0.25, -0.2) is 4.57 Å². The van der Waals surface area contributed by atoms with Gasteiger partial charge in [-0.2, -0.15) is 0 Å². The van der Waals surface area contributed by atoms with Crippen LogP contribution in [0.1, 0.15) is 23.8 Å².